The normalized spacial score (nSPS) is 12.4. The summed E-state index contributed by atoms with van der Waals surface area (Å²) in [5.74, 6) is 0.824. The van der Waals surface area contributed by atoms with E-state index in [1.165, 1.54) is 36.0 Å². The second-order valence-corrected chi connectivity index (χ2v) is 8.51. The predicted octanol–water partition coefficient (Wildman–Crippen LogP) is 5.25. The maximum Gasteiger partial charge on any atom is 0.399 e. The number of rotatable bonds is 6. The highest BCUT2D eigenvalue weighted by atomic mass is 79.9. The summed E-state index contributed by atoms with van der Waals surface area (Å²) in [6, 6.07) is 9.90. The van der Waals surface area contributed by atoms with Gasteiger partial charge in [-0.2, -0.15) is 20.5 Å². The smallest absolute Gasteiger partial charge is 0.320 e. The van der Waals surface area contributed by atoms with Gasteiger partial charge >= 0.3 is 13.3 Å². The molecule has 0 aliphatic heterocycles. The zero-order valence-corrected chi connectivity index (χ0v) is 15.4. The topological polar surface area (TPSA) is 57.5 Å². The van der Waals surface area contributed by atoms with E-state index in [1.807, 2.05) is 0 Å². The van der Waals surface area contributed by atoms with Gasteiger partial charge in [0.05, 0.1) is 0 Å². The van der Waals surface area contributed by atoms with Gasteiger partial charge in [-0.05, 0) is 29.3 Å². The minimum atomic E-state index is -5.60. The first kappa shape index (κ1) is 19.5. The minimum Gasteiger partial charge on any atom is -0.320 e. The Balaban J connectivity index is 2.04. The molecule has 0 saturated carbocycles. The minimum absolute atomic E-state index is 0.0595. The molecule has 0 radical (unpaired) electrons. The van der Waals surface area contributed by atoms with Gasteiger partial charge in [0.15, 0.2) is 0 Å². The van der Waals surface area contributed by atoms with Crippen molar-refractivity contribution in [3.63, 3.8) is 0 Å². The molecule has 2 rings (SSSR count). The number of thioether (sulfide) groups is 1. The van der Waals surface area contributed by atoms with E-state index in [1.54, 1.807) is 12.1 Å². The molecule has 2 N–H and O–H groups in total. The molecular weight excluding hydrogens is 428 g/mol. The lowest BCUT2D eigenvalue weighted by Gasteiger charge is -2.19. The average Bonchev–Trinajstić information content (AvgIpc) is 2.48. The molecule has 0 amide bonds. The molecular formula is C15H13BrF3O3PS. The lowest BCUT2D eigenvalue weighted by atomic mass is 10.1. The van der Waals surface area contributed by atoms with E-state index < -0.39 is 18.8 Å². The number of hydrogen-bond acceptors (Lipinski definition) is 2. The third-order valence-electron chi connectivity index (χ3n) is 3.17. The summed E-state index contributed by atoms with van der Waals surface area (Å²) in [6.45, 7) is 0. The molecule has 3 nitrogen and oxygen atoms in total. The fourth-order valence-corrected chi connectivity index (χ4v) is 4.20. The number of hydrogen-bond donors (Lipinski definition) is 2. The summed E-state index contributed by atoms with van der Waals surface area (Å²) in [5.41, 5.74) is -3.33. The lowest BCUT2D eigenvalue weighted by molar-refractivity contribution is 0.0557. The van der Waals surface area contributed by atoms with Crippen LogP contribution in [0.5, 0.6) is 0 Å². The quantitative estimate of drug-likeness (QED) is 0.602. The summed E-state index contributed by atoms with van der Waals surface area (Å²) < 4.78 is 51.1. The SMILES string of the molecule is O=P(O)(O)C(F)(F)c1ccc(CSCc2ccc(F)cc2)cc1Br. The Morgan fingerprint density at radius 3 is 2.12 bits per heavy atom. The Bertz CT molecular complexity index is 765. The monoisotopic (exact) mass is 440 g/mol. The largest absolute Gasteiger partial charge is 0.399 e. The highest BCUT2D eigenvalue weighted by Crippen LogP contribution is 2.60. The molecule has 0 saturated heterocycles. The number of benzene rings is 2. The Morgan fingerprint density at radius 1 is 1.04 bits per heavy atom. The third-order valence-corrected chi connectivity index (χ3v) is 5.88. The maximum absolute atomic E-state index is 13.7. The van der Waals surface area contributed by atoms with Crippen molar-refractivity contribution in [1.29, 1.82) is 0 Å². The van der Waals surface area contributed by atoms with E-state index >= 15 is 0 Å². The summed E-state index contributed by atoms with van der Waals surface area (Å²) >= 11 is 4.45. The van der Waals surface area contributed by atoms with Crippen molar-refractivity contribution >= 4 is 35.3 Å². The van der Waals surface area contributed by atoms with E-state index in [0.717, 1.165) is 17.2 Å². The van der Waals surface area contributed by atoms with Crippen LogP contribution in [0.15, 0.2) is 46.9 Å². The van der Waals surface area contributed by atoms with Crippen LogP contribution in [0.1, 0.15) is 16.7 Å². The average molecular weight is 441 g/mol. The standard InChI is InChI=1S/C15H13BrF3O3PS/c16-14-7-11(3-6-13(14)15(18,19)23(20,21)22)9-24-8-10-1-4-12(17)5-2-10/h1-7H,8-9H2,(H2,20,21,22). The molecule has 0 aliphatic rings. The molecule has 2 aromatic carbocycles. The van der Waals surface area contributed by atoms with E-state index in [-0.39, 0.29) is 10.3 Å². The van der Waals surface area contributed by atoms with Crippen LogP contribution in [0.25, 0.3) is 0 Å². The van der Waals surface area contributed by atoms with E-state index in [0.29, 0.717) is 11.5 Å². The van der Waals surface area contributed by atoms with Gasteiger partial charge in [-0.3, -0.25) is 4.57 Å². The highest BCUT2D eigenvalue weighted by molar-refractivity contribution is 9.10. The maximum atomic E-state index is 13.7. The van der Waals surface area contributed by atoms with Crippen LogP contribution in [0.2, 0.25) is 0 Å². The van der Waals surface area contributed by atoms with Gasteiger partial charge in [0.2, 0.25) is 0 Å². The van der Waals surface area contributed by atoms with Gasteiger partial charge in [0.25, 0.3) is 0 Å². The van der Waals surface area contributed by atoms with E-state index in [4.69, 9.17) is 9.79 Å². The summed E-state index contributed by atoms with van der Waals surface area (Å²) in [4.78, 5) is 17.6. The van der Waals surface area contributed by atoms with Crippen LogP contribution in [-0.4, -0.2) is 9.79 Å². The van der Waals surface area contributed by atoms with Gasteiger partial charge in [-0.1, -0.05) is 40.2 Å². The summed E-state index contributed by atoms with van der Waals surface area (Å²) in [7, 11) is -5.60. The zero-order valence-electron chi connectivity index (χ0n) is 12.1. The Labute approximate surface area is 149 Å². The predicted molar refractivity (Wildman–Crippen MR) is 91.5 cm³/mol. The number of alkyl halides is 2. The van der Waals surface area contributed by atoms with Crippen LogP contribution in [0.4, 0.5) is 13.2 Å². The van der Waals surface area contributed by atoms with Gasteiger partial charge in [-0.25, -0.2) is 4.39 Å². The van der Waals surface area contributed by atoms with Crippen LogP contribution < -0.4 is 0 Å². The second kappa shape index (κ2) is 7.62. The van der Waals surface area contributed by atoms with Crippen LogP contribution in [-0.2, 0) is 21.7 Å². The molecule has 0 aromatic heterocycles. The van der Waals surface area contributed by atoms with Gasteiger partial charge in [0, 0.05) is 21.5 Å². The molecule has 0 heterocycles. The molecule has 0 bridgehead atoms. The molecule has 0 spiro atoms. The van der Waals surface area contributed by atoms with Crippen molar-refractivity contribution in [2.24, 2.45) is 0 Å². The summed E-state index contributed by atoms with van der Waals surface area (Å²) in [6.07, 6.45) is 0. The van der Waals surface area contributed by atoms with Crippen molar-refractivity contribution in [2.75, 3.05) is 0 Å². The van der Waals surface area contributed by atoms with Crippen LogP contribution in [0, 0.1) is 5.82 Å². The Kier molecular flexibility index (Phi) is 6.20. The lowest BCUT2D eigenvalue weighted by Crippen LogP contribution is -2.14. The summed E-state index contributed by atoms with van der Waals surface area (Å²) in [5, 5.41) is 0. The molecule has 0 aliphatic carbocycles. The molecule has 0 unspecified atom stereocenters. The van der Waals surface area contributed by atoms with Crippen LogP contribution >= 0.6 is 35.3 Å². The highest BCUT2D eigenvalue weighted by Gasteiger charge is 2.51. The Morgan fingerprint density at radius 2 is 1.58 bits per heavy atom. The Hall–Kier alpha value is -0.790. The fraction of sp³-hybridized carbons (Fsp3) is 0.200. The molecule has 24 heavy (non-hydrogen) atoms. The third kappa shape index (κ3) is 4.64. The zero-order chi connectivity index (χ0) is 18.0. The van der Waals surface area contributed by atoms with Crippen LogP contribution in [0.3, 0.4) is 0 Å². The first-order valence-electron chi connectivity index (χ1n) is 6.66. The fourth-order valence-electron chi connectivity index (χ4n) is 1.92. The molecule has 9 heteroatoms. The first-order chi connectivity index (χ1) is 11.1. The van der Waals surface area contributed by atoms with E-state index in [9.17, 15) is 17.7 Å². The van der Waals surface area contributed by atoms with Gasteiger partial charge in [0.1, 0.15) is 5.82 Å². The van der Waals surface area contributed by atoms with Crippen molar-refractivity contribution in [1.82, 2.24) is 0 Å². The second-order valence-electron chi connectivity index (χ2n) is 5.02. The molecule has 2 aromatic rings. The molecule has 0 atom stereocenters. The molecule has 0 fully saturated rings. The van der Waals surface area contributed by atoms with Crippen molar-refractivity contribution in [2.45, 2.75) is 17.2 Å². The molecule has 130 valence electrons. The van der Waals surface area contributed by atoms with Gasteiger partial charge in [-0.15, -0.1) is 0 Å². The van der Waals surface area contributed by atoms with E-state index in [2.05, 4.69) is 15.9 Å². The number of halogens is 4. The van der Waals surface area contributed by atoms with Gasteiger partial charge < -0.3 is 9.79 Å². The first-order valence-corrected chi connectivity index (χ1v) is 10.2. The van der Waals surface area contributed by atoms with Crippen molar-refractivity contribution in [3.05, 3.63) is 69.4 Å². The van der Waals surface area contributed by atoms with Crippen molar-refractivity contribution in [3.8, 4) is 0 Å². The van der Waals surface area contributed by atoms with Crippen molar-refractivity contribution < 1.29 is 27.5 Å².